The highest BCUT2D eigenvalue weighted by molar-refractivity contribution is 7.89. The average Bonchev–Trinajstić information content (AvgIpc) is 2.69. The summed E-state index contributed by atoms with van der Waals surface area (Å²) >= 11 is 0. The first-order valence-electron chi connectivity index (χ1n) is 8.81. The fraction of sp³-hybridized carbons (Fsp3) is 0.421. The van der Waals surface area contributed by atoms with Crippen LogP contribution in [-0.2, 0) is 16.6 Å². The lowest BCUT2D eigenvalue weighted by molar-refractivity contribution is 0.346. The third kappa shape index (κ3) is 4.16. The van der Waals surface area contributed by atoms with Crippen LogP contribution in [0.5, 0.6) is 5.75 Å². The van der Waals surface area contributed by atoms with Gasteiger partial charge in [-0.25, -0.2) is 13.4 Å². The van der Waals surface area contributed by atoms with Crippen LogP contribution in [0.15, 0.2) is 47.5 Å². The minimum atomic E-state index is -3.44. The van der Waals surface area contributed by atoms with Gasteiger partial charge in [-0.2, -0.15) is 4.31 Å². The topological polar surface area (TPSA) is 62.7 Å². The summed E-state index contributed by atoms with van der Waals surface area (Å²) in [6.07, 6.45) is 4.40. The van der Waals surface area contributed by atoms with Crippen LogP contribution in [0.25, 0.3) is 0 Å². The van der Waals surface area contributed by atoms with Crippen molar-refractivity contribution in [1.82, 2.24) is 9.29 Å². The van der Waals surface area contributed by atoms with E-state index >= 15 is 0 Å². The maximum absolute atomic E-state index is 12.7. The van der Waals surface area contributed by atoms with Crippen molar-refractivity contribution in [2.45, 2.75) is 30.7 Å². The summed E-state index contributed by atoms with van der Waals surface area (Å²) in [5.41, 5.74) is 1.10. The molecule has 2 aromatic rings. The average molecular weight is 375 g/mol. The molecule has 0 radical (unpaired) electrons. The Morgan fingerprint density at radius 2 is 1.92 bits per heavy atom. The Balaban J connectivity index is 1.72. The number of piperidine rings is 1. The Morgan fingerprint density at radius 3 is 2.58 bits per heavy atom. The molecule has 0 unspecified atom stereocenters. The second-order valence-electron chi connectivity index (χ2n) is 6.52. The molecular formula is C19H25N3O3S. The van der Waals surface area contributed by atoms with E-state index in [2.05, 4.69) is 4.98 Å². The number of hydrogen-bond donors (Lipinski definition) is 0. The van der Waals surface area contributed by atoms with Crippen LogP contribution in [-0.4, -0.2) is 45.0 Å². The molecule has 1 aromatic carbocycles. The maximum atomic E-state index is 12.7. The van der Waals surface area contributed by atoms with Gasteiger partial charge in [-0.3, -0.25) is 0 Å². The zero-order valence-electron chi connectivity index (χ0n) is 15.3. The zero-order valence-corrected chi connectivity index (χ0v) is 16.1. The Kier molecular flexibility index (Phi) is 5.78. The number of sulfonamides is 1. The molecule has 0 atom stereocenters. The molecule has 26 heavy (non-hydrogen) atoms. The lowest BCUT2D eigenvalue weighted by atomic mass is 10.2. The molecule has 1 aromatic heterocycles. The van der Waals surface area contributed by atoms with Crippen molar-refractivity contribution in [3.05, 3.63) is 48.2 Å². The molecule has 0 amide bonds. The van der Waals surface area contributed by atoms with Crippen LogP contribution in [0.3, 0.4) is 0 Å². The van der Waals surface area contributed by atoms with E-state index in [1.807, 2.05) is 36.2 Å². The largest absolute Gasteiger partial charge is 0.497 e. The van der Waals surface area contributed by atoms with Crippen molar-refractivity contribution in [2.75, 3.05) is 32.1 Å². The molecule has 1 aliphatic rings. The molecule has 6 nitrogen and oxygen atoms in total. The van der Waals surface area contributed by atoms with Crippen molar-refractivity contribution < 1.29 is 13.2 Å². The Labute approximate surface area is 155 Å². The summed E-state index contributed by atoms with van der Waals surface area (Å²) in [6, 6.07) is 11.3. The van der Waals surface area contributed by atoms with Crippen molar-refractivity contribution >= 4 is 15.8 Å². The number of hydrogen-bond acceptors (Lipinski definition) is 5. The summed E-state index contributed by atoms with van der Waals surface area (Å²) < 4.78 is 32.2. The number of aromatic nitrogens is 1. The van der Waals surface area contributed by atoms with Gasteiger partial charge in [0.15, 0.2) is 0 Å². The van der Waals surface area contributed by atoms with Crippen LogP contribution < -0.4 is 9.64 Å². The molecule has 0 N–H and O–H groups in total. The molecular weight excluding hydrogens is 350 g/mol. The summed E-state index contributed by atoms with van der Waals surface area (Å²) in [6.45, 7) is 1.85. The molecule has 7 heteroatoms. The second-order valence-corrected chi connectivity index (χ2v) is 8.46. The minimum Gasteiger partial charge on any atom is -0.497 e. The SMILES string of the molecule is COc1cccc(CN(C)c2ccc(S(=O)(=O)N3CCCCC3)cn2)c1. The van der Waals surface area contributed by atoms with Crippen LogP contribution in [0.1, 0.15) is 24.8 Å². The first-order valence-corrected chi connectivity index (χ1v) is 10.2. The molecule has 3 rings (SSSR count). The number of methoxy groups -OCH3 is 1. The van der Waals surface area contributed by atoms with Gasteiger partial charge < -0.3 is 9.64 Å². The van der Waals surface area contributed by atoms with Gasteiger partial charge in [-0.05, 0) is 42.7 Å². The Morgan fingerprint density at radius 1 is 1.15 bits per heavy atom. The molecule has 0 aliphatic carbocycles. The van der Waals surface area contributed by atoms with E-state index in [1.165, 1.54) is 6.20 Å². The van der Waals surface area contributed by atoms with Gasteiger partial charge >= 0.3 is 0 Å². The first kappa shape index (κ1) is 18.7. The lowest BCUT2D eigenvalue weighted by Gasteiger charge is -2.26. The second kappa shape index (κ2) is 8.05. The highest BCUT2D eigenvalue weighted by Crippen LogP contribution is 2.22. The van der Waals surface area contributed by atoms with Crippen LogP contribution >= 0.6 is 0 Å². The van der Waals surface area contributed by atoms with E-state index < -0.39 is 10.0 Å². The third-order valence-corrected chi connectivity index (χ3v) is 6.50. The summed E-state index contributed by atoms with van der Waals surface area (Å²) in [5.74, 6) is 1.54. The normalized spacial score (nSPS) is 15.6. The molecule has 1 aliphatic heterocycles. The number of nitrogens with zero attached hydrogens (tertiary/aromatic N) is 3. The predicted molar refractivity (Wildman–Crippen MR) is 102 cm³/mol. The summed E-state index contributed by atoms with van der Waals surface area (Å²) in [4.78, 5) is 6.61. The van der Waals surface area contributed by atoms with Gasteiger partial charge in [0.1, 0.15) is 16.5 Å². The van der Waals surface area contributed by atoms with Gasteiger partial charge in [-0.15, -0.1) is 0 Å². The number of anilines is 1. The Hall–Kier alpha value is -2.12. The zero-order chi connectivity index (χ0) is 18.6. The van der Waals surface area contributed by atoms with E-state index in [0.717, 1.165) is 36.4 Å². The summed E-state index contributed by atoms with van der Waals surface area (Å²) in [5, 5.41) is 0. The smallest absolute Gasteiger partial charge is 0.244 e. The van der Waals surface area contributed by atoms with Crippen LogP contribution in [0.4, 0.5) is 5.82 Å². The Bertz CT molecular complexity index is 831. The molecule has 140 valence electrons. The van der Waals surface area contributed by atoms with Gasteiger partial charge in [0, 0.05) is 32.9 Å². The van der Waals surface area contributed by atoms with Gasteiger partial charge in [0.2, 0.25) is 10.0 Å². The highest BCUT2D eigenvalue weighted by Gasteiger charge is 2.26. The molecule has 0 bridgehead atoms. The molecule has 2 heterocycles. The van der Waals surface area contributed by atoms with Gasteiger partial charge in [0.05, 0.1) is 7.11 Å². The van der Waals surface area contributed by atoms with Gasteiger partial charge in [-0.1, -0.05) is 18.6 Å². The van der Waals surface area contributed by atoms with Crippen molar-refractivity contribution in [1.29, 1.82) is 0 Å². The number of ether oxygens (including phenoxy) is 1. The van der Waals surface area contributed by atoms with Crippen molar-refractivity contribution in [2.24, 2.45) is 0 Å². The van der Waals surface area contributed by atoms with E-state index in [-0.39, 0.29) is 4.90 Å². The monoisotopic (exact) mass is 375 g/mol. The third-order valence-electron chi connectivity index (χ3n) is 4.62. The van der Waals surface area contributed by atoms with Crippen LogP contribution in [0, 0.1) is 0 Å². The first-order chi connectivity index (χ1) is 12.5. The number of rotatable bonds is 6. The number of benzene rings is 1. The van der Waals surface area contributed by atoms with E-state index in [1.54, 1.807) is 23.5 Å². The fourth-order valence-electron chi connectivity index (χ4n) is 3.13. The fourth-order valence-corrected chi connectivity index (χ4v) is 4.59. The molecule has 1 saturated heterocycles. The van der Waals surface area contributed by atoms with Crippen LogP contribution in [0.2, 0.25) is 0 Å². The lowest BCUT2D eigenvalue weighted by Crippen LogP contribution is -2.35. The van der Waals surface area contributed by atoms with E-state index in [0.29, 0.717) is 19.6 Å². The predicted octanol–water partition coefficient (Wildman–Crippen LogP) is 2.90. The molecule has 0 saturated carbocycles. The van der Waals surface area contributed by atoms with Crippen molar-refractivity contribution in [3.8, 4) is 5.75 Å². The van der Waals surface area contributed by atoms with E-state index in [4.69, 9.17) is 4.74 Å². The van der Waals surface area contributed by atoms with Gasteiger partial charge in [0.25, 0.3) is 0 Å². The minimum absolute atomic E-state index is 0.262. The number of pyridine rings is 1. The summed E-state index contributed by atoms with van der Waals surface area (Å²) in [7, 11) is 0.139. The molecule has 0 spiro atoms. The maximum Gasteiger partial charge on any atom is 0.244 e. The quantitative estimate of drug-likeness (QED) is 0.777. The molecule has 1 fully saturated rings. The van der Waals surface area contributed by atoms with E-state index in [9.17, 15) is 8.42 Å². The van der Waals surface area contributed by atoms with Crippen molar-refractivity contribution in [3.63, 3.8) is 0 Å². The standard InChI is InChI=1S/C19H25N3O3S/c1-21(15-16-7-6-8-17(13-16)25-2)19-10-9-18(14-20-19)26(23,24)22-11-4-3-5-12-22/h6-10,13-14H,3-5,11-12,15H2,1-2H3. The highest BCUT2D eigenvalue weighted by atomic mass is 32.2.